The summed E-state index contributed by atoms with van der Waals surface area (Å²) in [6, 6.07) is 8.27. The Morgan fingerprint density at radius 3 is 2.67 bits per heavy atom. The Morgan fingerprint density at radius 2 is 1.89 bits per heavy atom. The van der Waals surface area contributed by atoms with Crippen molar-refractivity contribution < 1.29 is 0 Å². The molecule has 2 heteroatoms. The van der Waals surface area contributed by atoms with Crippen LogP contribution in [0.3, 0.4) is 0 Å². The molecule has 0 aliphatic rings. The highest BCUT2D eigenvalue weighted by Crippen LogP contribution is 2.22. The number of aromatic amines is 1. The summed E-state index contributed by atoms with van der Waals surface area (Å²) in [5, 5.41) is 0. The molecule has 0 spiro atoms. The first-order valence-corrected chi connectivity index (χ1v) is 7.26. The third kappa shape index (κ3) is 3.34. The van der Waals surface area contributed by atoms with Crippen LogP contribution in [0.4, 0.5) is 0 Å². The van der Waals surface area contributed by atoms with Gasteiger partial charge in [-0.05, 0) is 18.6 Å². The van der Waals surface area contributed by atoms with Crippen LogP contribution in [0.15, 0.2) is 24.3 Å². The van der Waals surface area contributed by atoms with E-state index in [4.69, 9.17) is 0 Å². The Morgan fingerprint density at radius 1 is 1.11 bits per heavy atom. The molecule has 1 aromatic heterocycles. The van der Waals surface area contributed by atoms with Crippen LogP contribution in [-0.4, -0.2) is 9.97 Å². The fourth-order valence-electron chi connectivity index (χ4n) is 2.40. The summed E-state index contributed by atoms with van der Waals surface area (Å²) in [6.07, 6.45) is 7.99. The quantitative estimate of drug-likeness (QED) is 0.680. The number of H-pyrrole nitrogens is 1. The summed E-state index contributed by atoms with van der Waals surface area (Å²) in [7, 11) is 0. The van der Waals surface area contributed by atoms with Gasteiger partial charge in [-0.15, -0.1) is 0 Å². The summed E-state index contributed by atoms with van der Waals surface area (Å²) in [6.45, 7) is 4.54. The Hall–Kier alpha value is -1.31. The topological polar surface area (TPSA) is 28.7 Å². The second kappa shape index (κ2) is 6.58. The molecule has 1 atom stereocenters. The smallest absolute Gasteiger partial charge is 0.110 e. The van der Waals surface area contributed by atoms with E-state index >= 15 is 0 Å². The third-order valence-electron chi connectivity index (χ3n) is 3.62. The maximum absolute atomic E-state index is 4.67. The number of hydrogen-bond acceptors (Lipinski definition) is 1. The standard InChI is InChI=1S/C16H24N2/c1-3-4-5-6-7-10-13(2)16-17-14-11-8-9-12-15(14)18-16/h8-9,11-13H,3-7,10H2,1-2H3,(H,17,18). The molecule has 0 amide bonds. The number of nitrogens with zero attached hydrogens (tertiary/aromatic N) is 1. The van der Waals surface area contributed by atoms with Gasteiger partial charge in [0.1, 0.15) is 5.82 Å². The Kier molecular flexibility index (Phi) is 4.80. The van der Waals surface area contributed by atoms with Crippen molar-refractivity contribution in [1.29, 1.82) is 0 Å². The molecule has 1 aromatic carbocycles. The van der Waals surface area contributed by atoms with Crippen molar-refractivity contribution in [3.8, 4) is 0 Å². The maximum atomic E-state index is 4.67. The first-order valence-electron chi connectivity index (χ1n) is 7.26. The zero-order valence-corrected chi connectivity index (χ0v) is 11.6. The molecular weight excluding hydrogens is 220 g/mol. The number of fused-ring (bicyclic) bond motifs is 1. The fourth-order valence-corrected chi connectivity index (χ4v) is 2.40. The van der Waals surface area contributed by atoms with E-state index in [-0.39, 0.29) is 0 Å². The molecule has 0 fully saturated rings. The molecule has 18 heavy (non-hydrogen) atoms. The van der Waals surface area contributed by atoms with Crippen molar-refractivity contribution in [2.24, 2.45) is 0 Å². The van der Waals surface area contributed by atoms with Gasteiger partial charge < -0.3 is 4.98 Å². The first kappa shape index (κ1) is 13.1. The van der Waals surface area contributed by atoms with Gasteiger partial charge in [-0.2, -0.15) is 0 Å². The molecule has 1 unspecified atom stereocenters. The summed E-state index contributed by atoms with van der Waals surface area (Å²) in [4.78, 5) is 8.11. The molecule has 98 valence electrons. The van der Waals surface area contributed by atoms with Crippen molar-refractivity contribution in [3.05, 3.63) is 30.1 Å². The predicted molar refractivity (Wildman–Crippen MR) is 77.9 cm³/mol. The van der Waals surface area contributed by atoms with Crippen LogP contribution in [0.1, 0.15) is 64.1 Å². The van der Waals surface area contributed by atoms with Crippen molar-refractivity contribution in [3.63, 3.8) is 0 Å². The lowest BCUT2D eigenvalue weighted by atomic mass is 10.0. The summed E-state index contributed by atoms with van der Waals surface area (Å²) in [5.41, 5.74) is 2.25. The number of rotatable bonds is 7. The van der Waals surface area contributed by atoms with Gasteiger partial charge in [-0.3, -0.25) is 0 Å². The van der Waals surface area contributed by atoms with Crippen molar-refractivity contribution in [2.45, 2.75) is 58.3 Å². The third-order valence-corrected chi connectivity index (χ3v) is 3.62. The molecular formula is C16H24N2. The normalized spacial score (nSPS) is 13.0. The molecule has 2 rings (SSSR count). The first-order chi connectivity index (χ1) is 8.81. The van der Waals surface area contributed by atoms with Crippen LogP contribution in [0.25, 0.3) is 11.0 Å². The van der Waals surface area contributed by atoms with Crippen molar-refractivity contribution in [1.82, 2.24) is 9.97 Å². The minimum atomic E-state index is 0.541. The lowest BCUT2D eigenvalue weighted by Crippen LogP contribution is -1.96. The number of benzene rings is 1. The van der Waals surface area contributed by atoms with Crippen molar-refractivity contribution >= 4 is 11.0 Å². The molecule has 0 saturated carbocycles. The van der Waals surface area contributed by atoms with Crippen LogP contribution in [0.5, 0.6) is 0 Å². The molecule has 0 saturated heterocycles. The predicted octanol–water partition coefficient (Wildman–Crippen LogP) is 5.03. The number of para-hydroxylation sites is 2. The molecule has 2 nitrogen and oxygen atoms in total. The number of hydrogen-bond donors (Lipinski definition) is 1. The molecule has 0 radical (unpaired) electrons. The highest BCUT2D eigenvalue weighted by Gasteiger charge is 2.10. The van der Waals surface area contributed by atoms with Gasteiger partial charge in [-0.25, -0.2) is 4.98 Å². The maximum Gasteiger partial charge on any atom is 0.110 e. The second-order valence-corrected chi connectivity index (χ2v) is 5.24. The van der Waals surface area contributed by atoms with Crippen molar-refractivity contribution in [2.75, 3.05) is 0 Å². The Balaban J connectivity index is 1.86. The summed E-state index contributed by atoms with van der Waals surface area (Å²) < 4.78 is 0. The van der Waals surface area contributed by atoms with E-state index in [9.17, 15) is 0 Å². The SMILES string of the molecule is CCCCCCCC(C)c1nc2ccccc2[nH]1. The van der Waals surface area contributed by atoms with E-state index in [1.54, 1.807) is 0 Å². The zero-order chi connectivity index (χ0) is 12.8. The Bertz CT molecular complexity index is 440. The Labute approximate surface area is 110 Å². The average molecular weight is 244 g/mol. The van der Waals surface area contributed by atoms with E-state index in [1.807, 2.05) is 6.07 Å². The van der Waals surface area contributed by atoms with E-state index in [2.05, 4.69) is 42.0 Å². The van der Waals surface area contributed by atoms with Crippen LogP contribution >= 0.6 is 0 Å². The molecule has 2 aromatic rings. The van der Waals surface area contributed by atoms with Gasteiger partial charge in [0.15, 0.2) is 0 Å². The molecule has 0 bridgehead atoms. The number of aromatic nitrogens is 2. The van der Waals surface area contributed by atoms with Gasteiger partial charge in [0.05, 0.1) is 11.0 Å². The average Bonchev–Trinajstić information content (AvgIpc) is 2.82. The molecule has 1 heterocycles. The van der Waals surface area contributed by atoms with E-state index < -0.39 is 0 Å². The van der Waals surface area contributed by atoms with Crippen LogP contribution in [0.2, 0.25) is 0 Å². The molecule has 0 aliphatic carbocycles. The van der Waals surface area contributed by atoms with Gasteiger partial charge in [0, 0.05) is 5.92 Å². The highest BCUT2D eigenvalue weighted by molar-refractivity contribution is 5.74. The summed E-state index contributed by atoms with van der Waals surface area (Å²) in [5.74, 6) is 1.69. The summed E-state index contributed by atoms with van der Waals surface area (Å²) >= 11 is 0. The van der Waals surface area contributed by atoms with Crippen LogP contribution in [-0.2, 0) is 0 Å². The van der Waals surface area contributed by atoms with E-state index in [0.29, 0.717) is 5.92 Å². The second-order valence-electron chi connectivity index (χ2n) is 5.24. The monoisotopic (exact) mass is 244 g/mol. The van der Waals surface area contributed by atoms with Crippen LogP contribution in [0, 0.1) is 0 Å². The largest absolute Gasteiger partial charge is 0.342 e. The van der Waals surface area contributed by atoms with E-state index in [0.717, 1.165) is 16.9 Å². The zero-order valence-electron chi connectivity index (χ0n) is 11.6. The minimum Gasteiger partial charge on any atom is -0.342 e. The number of unbranched alkanes of at least 4 members (excludes halogenated alkanes) is 4. The fraction of sp³-hybridized carbons (Fsp3) is 0.562. The van der Waals surface area contributed by atoms with E-state index in [1.165, 1.54) is 38.5 Å². The van der Waals surface area contributed by atoms with Crippen LogP contribution < -0.4 is 0 Å². The lowest BCUT2D eigenvalue weighted by molar-refractivity contribution is 0.555. The molecule has 1 N–H and O–H groups in total. The number of imidazole rings is 1. The lowest BCUT2D eigenvalue weighted by Gasteiger charge is -2.07. The number of nitrogens with one attached hydrogen (secondary N) is 1. The van der Waals surface area contributed by atoms with Gasteiger partial charge in [0.25, 0.3) is 0 Å². The van der Waals surface area contributed by atoms with Gasteiger partial charge >= 0.3 is 0 Å². The minimum absolute atomic E-state index is 0.541. The van der Waals surface area contributed by atoms with Gasteiger partial charge in [-0.1, -0.05) is 58.1 Å². The highest BCUT2D eigenvalue weighted by atomic mass is 14.9. The van der Waals surface area contributed by atoms with Gasteiger partial charge in [0.2, 0.25) is 0 Å². The molecule has 0 aliphatic heterocycles.